The number of aromatic nitrogens is 2. The highest BCUT2D eigenvalue weighted by molar-refractivity contribution is 5.97. The number of rotatable bonds is 4. The van der Waals surface area contributed by atoms with Gasteiger partial charge < -0.3 is 14.6 Å². The minimum atomic E-state index is -0.0592. The van der Waals surface area contributed by atoms with Crippen LogP contribution in [0.4, 0.5) is 5.69 Å². The Hall–Kier alpha value is -3.34. The van der Waals surface area contributed by atoms with Crippen molar-refractivity contribution in [2.45, 2.75) is 6.42 Å². The number of carbonyl (C=O) groups excluding carboxylic acids is 1. The first-order valence-electron chi connectivity index (χ1n) is 8.40. The molecule has 130 valence electrons. The van der Waals surface area contributed by atoms with Crippen molar-refractivity contribution in [3.8, 4) is 5.75 Å². The first-order chi connectivity index (χ1) is 12.6. The second-order valence-corrected chi connectivity index (χ2v) is 6.29. The van der Waals surface area contributed by atoms with Crippen LogP contribution < -0.4 is 10.1 Å². The molecule has 1 N–H and O–H groups in total. The topological polar surface area (TPSA) is 56.1 Å². The predicted molar refractivity (Wildman–Crippen MR) is 104 cm³/mol. The molecular formula is C21H19N3O2. The van der Waals surface area contributed by atoms with Gasteiger partial charge in [-0.25, -0.2) is 0 Å². The number of hydrogen-bond donors (Lipinski definition) is 1. The lowest BCUT2D eigenvalue weighted by molar-refractivity contribution is -0.115. The first kappa shape index (κ1) is 16.1. The van der Waals surface area contributed by atoms with Gasteiger partial charge in [0.1, 0.15) is 5.75 Å². The smallest absolute Gasteiger partial charge is 0.228 e. The number of para-hydroxylation sites is 1. The second-order valence-electron chi connectivity index (χ2n) is 6.29. The highest BCUT2D eigenvalue weighted by atomic mass is 16.5. The molecule has 2 heterocycles. The van der Waals surface area contributed by atoms with Crippen LogP contribution in [0.5, 0.6) is 5.75 Å². The van der Waals surface area contributed by atoms with Gasteiger partial charge in [-0.3, -0.25) is 9.78 Å². The molecular weight excluding hydrogens is 326 g/mol. The van der Waals surface area contributed by atoms with Crippen molar-refractivity contribution in [3.05, 3.63) is 66.5 Å². The number of aryl methyl sites for hydroxylation is 1. The molecule has 2 aromatic carbocycles. The minimum absolute atomic E-state index is 0.0592. The van der Waals surface area contributed by atoms with Crippen LogP contribution in [-0.4, -0.2) is 22.6 Å². The number of fused-ring (bicyclic) bond motifs is 2. The molecule has 26 heavy (non-hydrogen) atoms. The number of carbonyl (C=O) groups is 1. The van der Waals surface area contributed by atoms with Crippen LogP contribution in [0.15, 0.2) is 60.9 Å². The Bertz CT molecular complexity index is 1110. The normalized spacial score (nSPS) is 11.0. The molecule has 0 bridgehead atoms. The molecule has 0 aliphatic carbocycles. The number of anilines is 1. The van der Waals surface area contributed by atoms with Crippen molar-refractivity contribution in [3.63, 3.8) is 0 Å². The third kappa shape index (κ3) is 2.99. The van der Waals surface area contributed by atoms with E-state index in [0.29, 0.717) is 12.1 Å². The van der Waals surface area contributed by atoms with Gasteiger partial charge in [0.05, 0.1) is 30.9 Å². The zero-order valence-corrected chi connectivity index (χ0v) is 14.7. The zero-order valence-electron chi connectivity index (χ0n) is 14.7. The summed E-state index contributed by atoms with van der Waals surface area (Å²) >= 11 is 0. The Morgan fingerprint density at radius 1 is 1.19 bits per heavy atom. The zero-order chi connectivity index (χ0) is 18.1. The van der Waals surface area contributed by atoms with E-state index in [1.807, 2.05) is 60.3 Å². The van der Waals surface area contributed by atoms with Gasteiger partial charge in [-0.2, -0.15) is 0 Å². The molecule has 4 aromatic rings. The van der Waals surface area contributed by atoms with E-state index in [1.54, 1.807) is 13.3 Å². The molecule has 0 saturated heterocycles. The average molecular weight is 345 g/mol. The lowest BCUT2D eigenvalue weighted by Crippen LogP contribution is -2.14. The molecule has 0 unspecified atom stereocenters. The van der Waals surface area contributed by atoms with Crippen LogP contribution in [0, 0.1) is 0 Å². The molecule has 0 radical (unpaired) electrons. The lowest BCUT2D eigenvalue weighted by Gasteiger charge is -2.07. The molecule has 0 atom stereocenters. The average Bonchev–Trinajstić information content (AvgIpc) is 2.97. The maximum Gasteiger partial charge on any atom is 0.228 e. The second kappa shape index (κ2) is 6.52. The van der Waals surface area contributed by atoms with E-state index < -0.39 is 0 Å². The molecule has 5 nitrogen and oxygen atoms in total. The maximum absolute atomic E-state index is 12.5. The summed E-state index contributed by atoms with van der Waals surface area (Å²) in [5, 5.41) is 5.00. The third-order valence-corrected chi connectivity index (χ3v) is 4.51. The largest absolute Gasteiger partial charge is 0.497 e. The van der Waals surface area contributed by atoms with Crippen molar-refractivity contribution < 1.29 is 9.53 Å². The Balaban J connectivity index is 1.55. The van der Waals surface area contributed by atoms with Crippen molar-refractivity contribution in [2.75, 3.05) is 12.4 Å². The summed E-state index contributed by atoms with van der Waals surface area (Å²) in [7, 11) is 3.62. The van der Waals surface area contributed by atoms with Crippen LogP contribution in [0.2, 0.25) is 0 Å². The fraction of sp³-hybridized carbons (Fsp3) is 0.143. The summed E-state index contributed by atoms with van der Waals surface area (Å²) in [4.78, 5) is 16.9. The molecule has 0 saturated carbocycles. The van der Waals surface area contributed by atoms with Gasteiger partial charge in [0.2, 0.25) is 5.91 Å². The quantitative estimate of drug-likeness (QED) is 0.610. The van der Waals surface area contributed by atoms with Gasteiger partial charge in [0.25, 0.3) is 0 Å². The van der Waals surface area contributed by atoms with Crippen LogP contribution in [0.3, 0.4) is 0 Å². The highest BCUT2D eigenvalue weighted by Crippen LogP contribution is 2.23. The molecule has 1 amide bonds. The third-order valence-electron chi connectivity index (χ3n) is 4.51. The van der Waals surface area contributed by atoms with Gasteiger partial charge in [0.15, 0.2) is 0 Å². The van der Waals surface area contributed by atoms with E-state index in [0.717, 1.165) is 33.1 Å². The standard InChI is InChI=1S/C21H19N3O2/c1-24-13-15(18-5-3-4-6-20(18)24)10-21(25)23-16-9-14-7-8-17(26-2)11-19(14)22-12-16/h3-9,11-13H,10H2,1-2H3,(H,23,25). The van der Waals surface area contributed by atoms with E-state index in [-0.39, 0.29) is 5.91 Å². The highest BCUT2D eigenvalue weighted by Gasteiger charge is 2.11. The Morgan fingerprint density at radius 2 is 2.04 bits per heavy atom. The van der Waals surface area contributed by atoms with Crippen molar-refractivity contribution in [2.24, 2.45) is 7.05 Å². The van der Waals surface area contributed by atoms with Gasteiger partial charge in [-0.15, -0.1) is 0 Å². The van der Waals surface area contributed by atoms with Crippen molar-refractivity contribution in [1.29, 1.82) is 0 Å². The van der Waals surface area contributed by atoms with Crippen LogP contribution in [-0.2, 0) is 18.3 Å². The van der Waals surface area contributed by atoms with Gasteiger partial charge in [0, 0.05) is 35.6 Å². The first-order valence-corrected chi connectivity index (χ1v) is 8.40. The molecule has 0 spiro atoms. The number of amides is 1. The molecule has 2 aromatic heterocycles. The van der Waals surface area contributed by atoms with E-state index >= 15 is 0 Å². The predicted octanol–water partition coefficient (Wildman–Crippen LogP) is 3.92. The van der Waals surface area contributed by atoms with Crippen LogP contribution in [0.1, 0.15) is 5.56 Å². The Morgan fingerprint density at radius 3 is 2.88 bits per heavy atom. The van der Waals surface area contributed by atoms with Gasteiger partial charge >= 0.3 is 0 Å². The number of pyridine rings is 1. The fourth-order valence-corrected chi connectivity index (χ4v) is 3.24. The number of methoxy groups -OCH3 is 1. The monoisotopic (exact) mass is 345 g/mol. The number of hydrogen-bond acceptors (Lipinski definition) is 3. The lowest BCUT2D eigenvalue weighted by atomic mass is 10.1. The van der Waals surface area contributed by atoms with E-state index in [2.05, 4.69) is 16.4 Å². The summed E-state index contributed by atoms with van der Waals surface area (Å²) in [6.45, 7) is 0. The Labute approximate surface area is 151 Å². The summed E-state index contributed by atoms with van der Waals surface area (Å²) < 4.78 is 7.25. The number of nitrogens with zero attached hydrogens (tertiary/aromatic N) is 2. The summed E-state index contributed by atoms with van der Waals surface area (Å²) in [5.74, 6) is 0.703. The molecule has 4 rings (SSSR count). The van der Waals surface area contributed by atoms with Gasteiger partial charge in [-0.1, -0.05) is 18.2 Å². The maximum atomic E-state index is 12.5. The number of benzene rings is 2. The van der Waals surface area contributed by atoms with E-state index in [4.69, 9.17) is 4.74 Å². The summed E-state index contributed by atoms with van der Waals surface area (Å²) in [6.07, 6.45) is 4.00. The summed E-state index contributed by atoms with van der Waals surface area (Å²) in [5.41, 5.74) is 3.65. The molecule has 0 aliphatic rings. The van der Waals surface area contributed by atoms with E-state index in [1.165, 1.54) is 0 Å². The number of nitrogens with one attached hydrogen (secondary N) is 1. The molecule has 0 aliphatic heterocycles. The SMILES string of the molecule is COc1ccc2cc(NC(=O)Cc3cn(C)c4ccccc34)cnc2c1. The van der Waals surface area contributed by atoms with Crippen LogP contribution in [0.25, 0.3) is 21.8 Å². The van der Waals surface area contributed by atoms with Crippen molar-refractivity contribution in [1.82, 2.24) is 9.55 Å². The van der Waals surface area contributed by atoms with Crippen LogP contribution >= 0.6 is 0 Å². The fourth-order valence-electron chi connectivity index (χ4n) is 3.24. The number of ether oxygens (including phenoxy) is 1. The minimum Gasteiger partial charge on any atom is -0.497 e. The molecule has 5 heteroatoms. The van der Waals surface area contributed by atoms with Gasteiger partial charge in [-0.05, 0) is 29.8 Å². The van der Waals surface area contributed by atoms with Crippen molar-refractivity contribution >= 4 is 33.4 Å². The molecule has 0 fully saturated rings. The Kier molecular flexibility index (Phi) is 4.05. The summed E-state index contributed by atoms with van der Waals surface area (Å²) in [6, 6.07) is 15.7. The van der Waals surface area contributed by atoms with E-state index in [9.17, 15) is 4.79 Å².